The topological polar surface area (TPSA) is 42.0 Å². The molecular weight excluding hydrogens is 342 g/mol. The number of hydrogen-bond donors (Lipinski definition) is 0. The van der Waals surface area contributed by atoms with Crippen molar-refractivity contribution in [1.29, 1.82) is 0 Å². The summed E-state index contributed by atoms with van der Waals surface area (Å²) < 4.78 is 36.7. The zero-order valence-electron chi connectivity index (χ0n) is 14.5. The van der Waals surface area contributed by atoms with Crippen molar-refractivity contribution in [2.24, 2.45) is 0 Å². The fourth-order valence-corrected chi connectivity index (χ4v) is 2.83. The van der Waals surface area contributed by atoms with Crippen molar-refractivity contribution in [1.82, 2.24) is 4.90 Å². The van der Waals surface area contributed by atoms with Gasteiger partial charge in [0.2, 0.25) is 0 Å². The van der Waals surface area contributed by atoms with Crippen molar-refractivity contribution < 1.29 is 23.0 Å². The van der Waals surface area contributed by atoms with Crippen LogP contribution in [0, 0.1) is 11.6 Å². The van der Waals surface area contributed by atoms with Crippen molar-refractivity contribution in [3.8, 4) is 11.5 Å². The van der Waals surface area contributed by atoms with Crippen LogP contribution in [0.15, 0.2) is 42.5 Å². The molecule has 0 saturated carbocycles. The molecule has 0 spiro atoms. The maximum Gasteiger partial charge on any atom is 0.260 e. The minimum Gasteiger partial charge on any atom is -0.497 e. The lowest BCUT2D eigenvalue weighted by Crippen LogP contribution is -2.50. The van der Waals surface area contributed by atoms with Crippen molar-refractivity contribution >= 4 is 11.6 Å². The molecule has 1 saturated heterocycles. The molecule has 1 aliphatic heterocycles. The van der Waals surface area contributed by atoms with Gasteiger partial charge in [-0.3, -0.25) is 4.79 Å². The number of carbonyl (C=O) groups is 1. The fraction of sp³-hybridized carbons (Fsp3) is 0.316. The second-order valence-corrected chi connectivity index (χ2v) is 5.93. The third-order valence-electron chi connectivity index (χ3n) is 4.32. The minimum atomic E-state index is -0.817. The number of benzene rings is 2. The molecule has 1 heterocycles. The summed E-state index contributed by atoms with van der Waals surface area (Å²) in [5.74, 6) is -1.05. The smallest absolute Gasteiger partial charge is 0.260 e. The third kappa shape index (κ3) is 4.22. The predicted octanol–water partition coefficient (Wildman–Crippen LogP) is 2.70. The summed E-state index contributed by atoms with van der Waals surface area (Å²) in [6.07, 6.45) is 0. The van der Waals surface area contributed by atoms with E-state index < -0.39 is 11.6 Å². The highest BCUT2D eigenvalue weighted by atomic mass is 19.1. The van der Waals surface area contributed by atoms with Crippen LogP contribution in [0.3, 0.4) is 0 Å². The molecule has 3 rings (SSSR count). The van der Waals surface area contributed by atoms with Gasteiger partial charge in [0.15, 0.2) is 18.2 Å². The van der Waals surface area contributed by atoms with Gasteiger partial charge in [0.1, 0.15) is 11.6 Å². The Labute approximate surface area is 150 Å². The number of carbonyl (C=O) groups excluding carboxylic acids is 1. The number of rotatable bonds is 5. The van der Waals surface area contributed by atoms with E-state index in [-0.39, 0.29) is 18.3 Å². The Bertz CT molecular complexity index is 760. The van der Waals surface area contributed by atoms with Crippen LogP contribution < -0.4 is 14.4 Å². The number of anilines is 1. The lowest BCUT2D eigenvalue weighted by atomic mass is 10.2. The molecule has 0 bridgehead atoms. The van der Waals surface area contributed by atoms with Crippen LogP contribution in [0.25, 0.3) is 0 Å². The van der Waals surface area contributed by atoms with Gasteiger partial charge in [0.25, 0.3) is 5.91 Å². The van der Waals surface area contributed by atoms with Crippen LogP contribution in [0.5, 0.6) is 11.5 Å². The van der Waals surface area contributed by atoms with E-state index in [2.05, 4.69) is 4.90 Å². The van der Waals surface area contributed by atoms with E-state index in [0.717, 1.165) is 23.6 Å². The highest BCUT2D eigenvalue weighted by molar-refractivity contribution is 5.78. The molecule has 0 aliphatic carbocycles. The molecule has 1 amide bonds. The van der Waals surface area contributed by atoms with Gasteiger partial charge in [-0.1, -0.05) is 0 Å². The normalized spacial score (nSPS) is 14.3. The summed E-state index contributed by atoms with van der Waals surface area (Å²) in [5.41, 5.74) is 1.07. The number of hydrogen-bond acceptors (Lipinski definition) is 4. The Morgan fingerprint density at radius 3 is 2.35 bits per heavy atom. The average molecular weight is 362 g/mol. The van der Waals surface area contributed by atoms with Gasteiger partial charge in [-0.15, -0.1) is 0 Å². The molecule has 0 unspecified atom stereocenters. The Kier molecular flexibility index (Phi) is 5.55. The van der Waals surface area contributed by atoms with Gasteiger partial charge in [-0.25, -0.2) is 8.78 Å². The quantitative estimate of drug-likeness (QED) is 0.820. The molecule has 1 aliphatic rings. The zero-order chi connectivity index (χ0) is 18.5. The van der Waals surface area contributed by atoms with E-state index >= 15 is 0 Å². The second kappa shape index (κ2) is 8.03. The number of ether oxygens (including phenoxy) is 2. The molecule has 0 aromatic heterocycles. The van der Waals surface area contributed by atoms with E-state index in [1.54, 1.807) is 12.0 Å². The summed E-state index contributed by atoms with van der Waals surface area (Å²) in [6.45, 7) is 2.23. The standard InChI is InChI=1S/C19H20F2N2O3/c1-25-16-5-3-15(4-6-16)22-8-10-23(11-9-22)19(24)13-26-18-7-2-14(20)12-17(18)21/h2-7,12H,8-11,13H2,1H3. The predicted molar refractivity (Wildman–Crippen MR) is 93.6 cm³/mol. The summed E-state index contributed by atoms with van der Waals surface area (Å²) in [5, 5.41) is 0. The number of amides is 1. The highest BCUT2D eigenvalue weighted by Crippen LogP contribution is 2.21. The number of methoxy groups -OCH3 is 1. The number of nitrogens with zero attached hydrogens (tertiary/aromatic N) is 2. The zero-order valence-corrected chi connectivity index (χ0v) is 14.5. The molecule has 0 radical (unpaired) electrons. The summed E-state index contributed by atoms with van der Waals surface area (Å²) in [7, 11) is 1.62. The van der Waals surface area contributed by atoms with Crippen LogP contribution in [-0.2, 0) is 4.79 Å². The van der Waals surface area contributed by atoms with E-state index in [9.17, 15) is 13.6 Å². The van der Waals surface area contributed by atoms with Crippen LogP contribution in [0.1, 0.15) is 0 Å². The summed E-state index contributed by atoms with van der Waals surface area (Å²) in [6, 6.07) is 10.8. The van der Waals surface area contributed by atoms with Gasteiger partial charge in [-0.05, 0) is 36.4 Å². The molecule has 1 fully saturated rings. The second-order valence-electron chi connectivity index (χ2n) is 5.93. The molecule has 138 valence electrons. The molecule has 2 aromatic carbocycles. The van der Waals surface area contributed by atoms with Crippen molar-refractivity contribution in [3.05, 3.63) is 54.1 Å². The molecule has 0 N–H and O–H groups in total. The van der Waals surface area contributed by atoms with Crippen molar-refractivity contribution in [3.63, 3.8) is 0 Å². The van der Waals surface area contributed by atoms with Crippen LogP contribution in [0.4, 0.5) is 14.5 Å². The van der Waals surface area contributed by atoms with E-state index in [4.69, 9.17) is 9.47 Å². The van der Waals surface area contributed by atoms with E-state index in [0.29, 0.717) is 26.2 Å². The van der Waals surface area contributed by atoms with Crippen molar-refractivity contribution in [2.45, 2.75) is 0 Å². The molecular formula is C19H20F2N2O3. The number of piperazine rings is 1. The first kappa shape index (κ1) is 18.0. The lowest BCUT2D eigenvalue weighted by Gasteiger charge is -2.36. The maximum atomic E-state index is 13.5. The van der Waals surface area contributed by atoms with Gasteiger partial charge in [-0.2, -0.15) is 0 Å². The van der Waals surface area contributed by atoms with Crippen LogP contribution in [-0.4, -0.2) is 50.7 Å². The van der Waals surface area contributed by atoms with Gasteiger partial charge < -0.3 is 19.3 Å². The summed E-state index contributed by atoms with van der Waals surface area (Å²) in [4.78, 5) is 16.1. The first-order valence-corrected chi connectivity index (χ1v) is 8.31. The van der Waals surface area contributed by atoms with Crippen LogP contribution >= 0.6 is 0 Å². The Morgan fingerprint density at radius 2 is 1.73 bits per heavy atom. The molecule has 2 aromatic rings. The molecule has 5 nitrogen and oxygen atoms in total. The number of halogens is 2. The fourth-order valence-electron chi connectivity index (χ4n) is 2.83. The largest absolute Gasteiger partial charge is 0.497 e. The van der Waals surface area contributed by atoms with Crippen molar-refractivity contribution in [2.75, 3.05) is 44.8 Å². The highest BCUT2D eigenvalue weighted by Gasteiger charge is 2.22. The van der Waals surface area contributed by atoms with Gasteiger partial charge in [0, 0.05) is 37.9 Å². The lowest BCUT2D eigenvalue weighted by molar-refractivity contribution is -0.133. The first-order chi connectivity index (χ1) is 12.6. The molecule has 0 atom stereocenters. The van der Waals surface area contributed by atoms with Gasteiger partial charge >= 0.3 is 0 Å². The van der Waals surface area contributed by atoms with E-state index in [1.165, 1.54) is 6.07 Å². The average Bonchev–Trinajstić information content (AvgIpc) is 2.67. The Morgan fingerprint density at radius 1 is 1.04 bits per heavy atom. The third-order valence-corrected chi connectivity index (χ3v) is 4.32. The minimum absolute atomic E-state index is 0.128. The van der Waals surface area contributed by atoms with E-state index in [1.807, 2.05) is 24.3 Å². The molecule has 7 heteroatoms. The maximum absolute atomic E-state index is 13.5. The Balaban J connectivity index is 1.50. The summed E-state index contributed by atoms with van der Waals surface area (Å²) >= 11 is 0. The SMILES string of the molecule is COc1ccc(N2CCN(C(=O)COc3ccc(F)cc3F)CC2)cc1. The Hall–Kier alpha value is -2.83. The van der Waals surface area contributed by atoms with Gasteiger partial charge in [0.05, 0.1) is 7.11 Å². The monoisotopic (exact) mass is 362 g/mol. The van der Waals surface area contributed by atoms with Crippen LogP contribution in [0.2, 0.25) is 0 Å². The molecule has 26 heavy (non-hydrogen) atoms. The first-order valence-electron chi connectivity index (χ1n) is 8.31.